The Balaban J connectivity index is 1.36. The fourth-order valence-electron chi connectivity index (χ4n) is 2.91. The summed E-state index contributed by atoms with van der Waals surface area (Å²) in [5, 5.41) is 12.3. The van der Waals surface area contributed by atoms with Gasteiger partial charge in [-0.3, -0.25) is 0 Å². The number of methoxy groups -OCH3 is 1. The van der Waals surface area contributed by atoms with E-state index in [1.54, 1.807) is 42.6 Å². The normalized spacial score (nSPS) is 10.2. The number of amides is 2. The zero-order valence-electron chi connectivity index (χ0n) is 17.5. The minimum Gasteiger partial charge on any atom is -0.495 e. The molecule has 0 unspecified atom stereocenters. The fourth-order valence-corrected chi connectivity index (χ4v) is 3.08. The highest BCUT2D eigenvalue weighted by atomic mass is 35.5. The summed E-state index contributed by atoms with van der Waals surface area (Å²) < 4.78 is 5.24. The van der Waals surface area contributed by atoms with Crippen LogP contribution in [-0.4, -0.2) is 28.1 Å². The van der Waals surface area contributed by atoms with E-state index in [9.17, 15) is 4.79 Å². The lowest BCUT2D eigenvalue weighted by atomic mass is 10.2. The number of carbonyl (C=O) groups excluding carboxylic acids is 1. The molecule has 2 amide bonds. The van der Waals surface area contributed by atoms with E-state index in [-0.39, 0.29) is 0 Å². The van der Waals surface area contributed by atoms with Crippen molar-refractivity contribution in [1.82, 2.24) is 15.0 Å². The van der Waals surface area contributed by atoms with Gasteiger partial charge in [0.2, 0.25) is 0 Å². The smallest absolute Gasteiger partial charge is 0.323 e. The van der Waals surface area contributed by atoms with Crippen molar-refractivity contribution in [3.8, 4) is 5.75 Å². The summed E-state index contributed by atoms with van der Waals surface area (Å²) in [5.74, 6) is 2.41. The first kappa shape index (κ1) is 21.8. The van der Waals surface area contributed by atoms with Gasteiger partial charge in [-0.2, -0.15) is 0 Å². The molecule has 2 aromatic carbocycles. The van der Waals surface area contributed by atoms with Crippen LogP contribution in [0.2, 0.25) is 5.02 Å². The molecule has 0 aliphatic heterocycles. The molecule has 2 heterocycles. The average molecular weight is 462 g/mol. The van der Waals surface area contributed by atoms with Gasteiger partial charge in [-0.25, -0.2) is 19.7 Å². The number of rotatable bonds is 7. The molecule has 0 radical (unpaired) electrons. The molecular formula is C23H20ClN7O2. The van der Waals surface area contributed by atoms with Gasteiger partial charge in [0.15, 0.2) is 0 Å². The van der Waals surface area contributed by atoms with Gasteiger partial charge >= 0.3 is 6.03 Å². The van der Waals surface area contributed by atoms with Crippen LogP contribution in [0.5, 0.6) is 5.75 Å². The maximum atomic E-state index is 12.4. The molecule has 0 fully saturated rings. The second kappa shape index (κ2) is 10.3. The Morgan fingerprint density at radius 3 is 2.30 bits per heavy atom. The van der Waals surface area contributed by atoms with Crippen LogP contribution in [0.25, 0.3) is 0 Å². The summed E-state index contributed by atoms with van der Waals surface area (Å²) in [5.41, 5.74) is 1.87. The van der Waals surface area contributed by atoms with Crippen molar-refractivity contribution in [1.29, 1.82) is 0 Å². The Morgan fingerprint density at radius 2 is 1.58 bits per heavy atom. The van der Waals surface area contributed by atoms with Crippen LogP contribution in [0.3, 0.4) is 0 Å². The molecular weight excluding hydrogens is 442 g/mol. The lowest BCUT2D eigenvalue weighted by molar-refractivity contribution is 0.262. The minimum atomic E-state index is -0.419. The Morgan fingerprint density at radius 1 is 0.818 bits per heavy atom. The number of ether oxygens (including phenoxy) is 1. The summed E-state index contributed by atoms with van der Waals surface area (Å²) in [6, 6.07) is 19.1. The van der Waals surface area contributed by atoms with Gasteiger partial charge in [0, 0.05) is 28.7 Å². The van der Waals surface area contributed by atoms with Crippen molar-refractivity contribution in [3.05, 3.63) is 84.3 Å². The van der Waals surface area contributed by atoms with Crippen LogP contribution >= 0.6 is 11.6 Å². The van der Waals surface area contributed by atoms with E-state index in [1.165, 1.54) is 13.4 Å². The highest BCUT2D eigenvalue weighted by Gasteiger charge is 2.09. The zero-order valence-corrected chi connectivity index (χ0v) is 18.3. The average Bonchev–Trinajstić information content (AvgIpc) is 2.81. The van der Waals surface area contributed by atoms with E-state index in [4.69, 9.17) is 16.3 Å². The predicted molar refractivity (Wildman–Crippen MR) is 130 cm³/mol. The highest BCUT2D eigenvalue weighted by molar-refractivity contribution is 6.31. The van der Waals surface area contributed by atoms with Crippen LogP contribution < -0.4 is 26.0 Å². The molecule has 33 heavy (non-hydrogen) atoms. The Bertz CT molecular complexity index is 1240. The number of aromatic nitrogens is 3. The van der Waals surface area contributed by atoms with Gasteiger partial charge in [-0.05, 0) is 54.6 Å². The lowest BCUT2D eigenvalue weighted by Crippen LogP contribution is -2.19. The fraction of sp³-hybridized carbons (Fsp3) is 0.0435. The quantitative estimate of drug-likeness (QED) is 0.280. The molecule has 0 atom stereocenters. The Hall–Kier alpha value is -4.37. The van der Waals surface area contributed by atoms with Crippen LogP contribution in [0.4, 0.5) is 39.3 Å². The van der Waals surface area contributed by atoms with Gasteiger partial charge in [-0.1, -0.05) is 17.7 Å². The maximum Gasteiger partial charge on any atom is 0.323 e. The van der Waals surface area contributed by atoms with E-state index in [1.807, 2.05) is 30.3 Å². The molecule has 10 heteroatoms. The van der Waals surface area contributed by atoms with Crippen LogP contribution in [0.1, 0.15) is 0 Å². The Kier molecular flexibility index (Phi) is 6.81. The molecule has 2 aromatic heterocycles. The molecule has 4 aromatic rings. The molecule has 0 aliphatic carbocycles. The van der Waals surface area contributed by atoms with E-state index in [0.29, 0.717) is 39.6 Å². The second-order valence-electron chi connectivity index (χ2n) is 6.75. The molecule has 166 valence electrons. The number of carbonyl (C=O) groups is 1. The highest BCUT2D eigenvalue weighted by Crippen LogP contribution is 2.28. The lowest BCUT2D eigenvalue weighted by Gasteiger charge is -2.12. The van der Waals surface area contributed by atoms with Gasteiger partial charge in [0.05, 0.1) is 12.8 Å². The Labute approximate surface area is 195 Å². The number of halogens is 1. The number of hydrogen-bond acceptors (Lipinski definition) is 7. The molecule has 0 saturated heterocycles. The first-order valence-electron chi connectivity index (χ1n) is 9.88. The molecule has 0 spiro atoms. The SMILES string of the molecule is COc1ccc(Cl)cc1NC(=O)Nc1ccc(Nc2cc(Nc3ccccn3)ncn2)cc1. The van der Waals surface area contributed by atoms with E-state index in [2.05, 4.69) is 36.2 Å². The van der Waals surface area contributed by atoms with Gasteiger partial charge in [0.25, 0.3) is 0 Å². The van der Waals surface area contributed by atoms with Crippen molar-refractivity contribution in [2.45, 2.75) is 0 Å². The molecule has 0 saturated carbocycles. The first-order chi connectivity index (χ1) is 16.1. The van der Waals surface area contributed by atoms with Gasteiger partial charge in [-0.15, -0.1) is 0 Å². The third kappa shape index (κ3) is 6.08. The molecule has 4 N–H and O–H groups in total. The van der Waals surface area contributed by atoms with Gasteiger partial charge in [0.1, 0.15) is 29.5 Å². The molecule has 0 aliphatic rings. The predicted octanol–water partition coefficient (Wildman–Crippen LogP) is 5.66. The summed E-state index contributed by atoms with van der Waals surface area (Å²) in [6.07, 6.45) is 3.15. The van der Waals surface area contributed by atoms with Crippen LogP contribution in [0, 0.1) is 0 Å². The monoisotopic (exact) mass is 461 g/mol. The summed E-state index contributed by atoms with van der Waals surface area (Å²) in [7, 11) is 1.52. The number of anilines is 6. The number of pyridine rings is 1. The first-order valence-corrected chi connectivity index (χ1v) is 10.3. The van der Waals surface area contributed by atoms with Crippen molar-refractivity contribution in [2.24, 2.45) is 0 Å². The van der Waals surface area contributed by atoms with Crippen LogP contribution in [0.15, 0.2) is 79.3 Å². The van der Waals surface area contributed by atoms with Crippen molar-refractivity contribution in [3.63, 3.8) is 0 Å². The second-order valence-corrected chi connectivity index (χ2v) is 7.19. The van der Waals surface area contributed by atoms with Crippen molar-refractivity contribution < 1.29 is 9.53 Å². The molecule has 0 bridgehead atoms. The number of nitrogens with zero attached hydrogens (tertiary/aromatic N) is 3. The van der Waals surface area contributed by atoms with Crippen molar-refractivity contribution >= 4 is 52.1 Å². The third-order valence-electron chi connectivity index (χ3n) is 4.41. The summed E-state index contributed by atoms with van der Waals surface area (Å²) in [6.45, 7) is 0. The molecule has 9 nitrogen and oxygen atoms in total. The number of hydrogen-bond donors (Lipinski definition) is 4. The maximum absolute atomic E-state index is 12.4. The zero-order chi connectivity index (χ0) is 23.0. The van der Waals surface area contributed by atoms with Gasteiger partial charge < -0.3 is 26.0 Å². The standard InChI is InChI=1S/C23H20ClN7O2/c1-33-19-10-5-15(24)12-18(19)30-23(32)29-17-8-6-16(7-9-17)28-21-13-22(27-14-26-21)31-20-4-2-3-11-25-20/h2-14H,1H3,(H2,29,30,32)(H2,25,26,27,28,31). The van der Waals surface area contributed by atoms with Crippen LogP contribution in [-0.2, 0) is 0 Å². The topological polar surface area (TPSA) is 113 Å². The van der Waals surface area contributed by atoms with E-state index in [0.717, 1.165) is 5.69 Å². The number of nitrogens with one attached hydrogen (secondary N) is 4. The van der Waals surface area contributed by atoms with E-state index < -0.39 is 6.03 Å². The number of benzene rings is 2. The van der Waals surface area contributed by atoms with E-state index >= 15 is 0 Å². The minimum absolute atomic E-state index is 0.419. The molecule has 4 rings (SSSR count). The van der Waals surface area contributed by atoms with Crippen molar-refractivity contribution in [2.75, 3.05) is 28.4 Å². The summed E-state index contributed by atoms with van der Waals surface area (Å²) in [4.78, 5) is 25.0. The third-order valence-corrected chi connectivity index (χ3v) is 4.65. The summed E-state index contributed by atoms with van der Waals surface area (Å²) >= 11 is 6.00. The number of urea groups is 1. The largest absolute Gasteiger partial charge is 0.495 e.